The van der Waals surface area contributed by atoms with Gasteiger partial charge in [0.25, 0.3) is 5.56 Å². The van der Waals surface area contributed by atoms with Gasteiger partial charge < -0.3 is 19.6 Å². The van der Waals surface area contributed by atoms with Crippen molar-refractivity contribution in [3.63, 3.8) is 0 Å². The Kier molecular flexibility index (Phi) is 5.23. The molecule has 0 aliphatic rings. The van der Waals surface area contributed by atoms with Crippen molar-refractivity contribution in [3.05, 3.63) is 23.0 Å². The molecule has 22 heavy (non-hydrogen) atoms. The van der Waals surface area contributed by atoms with Gasteiger partial charge in [0.05, 0.1) is 19.8 Å². The van der Waals surface area contributed by atoms with Crippen LogP contribution in [0.2, 0.25) is 0 Å². The zero-order valence-electron chi connectivity index (χ0n) is 12.2. The first kappa shape index (κ1) is 15.7. The fraction of sp³-hybridized carbons (Fsp3) is 0.462. The number of H-pyrrole nitrogens is 1. The topological polar surface area (TPSA) is 119 Å². The number of nitrogens with one attached hydrogen (secondary N) is 2. The second kappa shape index (κ2) is 7.34. The Morgan fingerprint density at radius 2 is 2.18 bits per heavy atom. The predicted octanol–water partition coefficient (Wildman–Crippen LogP) is -0.421. The quantitative estimate of drug-likeness (QED) is 0.529. The van der Waals surface area contributed by atoms with Crippen molar-refractivity contribution in [2.45, 2.75) is 25.8 Å². The molecule has 2 rings (SSSR count). The number of carbonyl (C=O) groups excluding carboxylic acids is 2. The number of aromatic nitrogens is 4. The lowest BCUT2D eigenvalue weighted by Crippen LogP contribution is -2.26. The normalized spacial score (nSPS) is 10.6. The van der Waals surface area contributed by atoms with Crippen LogP contribution in [0.25, 0.3) is 11.2 Å². The number of fused-ring (bicyclic) bond motifs is 1. The monoisotopic (exact) mass is 307 g/mol. The van der Waals surface area contributed by atoms with E-state index in [0.29, 0.717) is 25.2 Å². The molecule has 0 aliphatic carbocycles. The SMILES string of the molecule is COC(=O)CCCNC(=O)CCn1cnc2c(=O)[nH]cnc21. The largest absolute Gasteiger partial charge is 0.469 e. The molecule has 0 radical (unpaired) electrons. The summed E-state index contributed by atoms with van der Waals surface area (Å²) in [4.78, 5) is 44.6. The number of nitrogens with zero attached hydrogens (tertiary/aromatic N) is 3. The first-order chi connectivity index (χ1) is 10.6. The van der Waals surface area contributed by atoms with Crippen molar-refractivity contribution >= 4 is 23.0 Å². The summed E-state index contributed by atoms with van der Waals surface area (Å²) >= 11 is 0. The van der Waals surface area contributed by atoms with Crippen molar-refractivity contribution in [2.75, 3.05) is 13.7 Å². The fourth-order valence-electron chi connectivity index (χ4n) is 1.93. The lowest BCUT2D eigenvalue weighted by Gasteiger charge is -2.05. The van der Waals surface area contributed by atoms with Crippen LogP contribution in [-0.4, -0.2) is 45.1 Å². The van der Waals surface area contributed by atoms with E-state index in [1.165, 1.54) is 19.8 Å². The van der Waals surface area contributed by atoms with Crippen molar-refractivity contribution in [2.24, 2.45) is 0 Å². The molecule has 0 bridgehead atoms. The van der Waals surface area contributed by atoms with Gasteiger partial charge in [-0.2, -0.15) is 0 Å². The molecule has 0 unspecified atom stereocenters. The molecule has 1 amide bonds. The molecule has 118 valence electrons. The fourth-order valence-corrected chi connectivity index (χ4v) is 1.93. The Labute approximate surface area is 125 Å². The molecule has 2 aromatic heterocycles. The first-order valence-electron chi connectivity index (χ1n) is 6.84. The number of ether oxygens (including phenoxy) is 1. The summed E-state index contributed by atoms with van der Waals surface area (Å²) in [6.07, 6.45) is 3.82. The maximum absolute atomic E-state index is 11.7. The van der Waals surface area contributed by atoms with E-state index in [0.717, 1.165) is 0 Å². The number of hydrogen-bond acceptors (Lipinski definition) is 6. The molecule has 0 saturated heterocycles. The van der Waals surface area contributed by atoms with Crippen molar-refractivity contribution in [1.29, 1.82) is 0 Å². The molecular formula is C13H17N5O4. The first-order valence-corrected chi connectivity index (χ1v) is 6.84. The molecule has 0 spiro atoms. The highest BCUT2D eigenvalue weighted by Crippen LogP contribution is 2.04. The average Bonchev–Trinajstić information content (AvgIpc) is 2.94. The highest BCUT2D eigenvalue weighted by molar-refractivity contribution is 5.76. The van der Waals surface area contributed by atoms with Gasteiger partial charge in [0, 0.05) is 25.9 Å². The molecule has 0 aliphatic heterocycles. The summed E-state index contributed by atoms with van der Waals surface area (Å²) in [5.74, 6) is -0.438. The van der Waals surface area contributed by atoms with Crippen LogP contribution in [0, 0.1) is 0 Å². The third-order valence-corrected chi connectivity index (χ3v) is 3.09. The maximum atomic E-state index is 11.7. The second-order valence-corrected chi connectivity index (χ2v) is 4.62. The van der Waals surface area contributed by atoms with E-state index in [1.54, 1.807) is 4.57 Å². The van der Waals surface area contributed by atoms with Gasteiger partial charge in [-0.1, -0.05) is 0 Å². The molecule has 0 saturated carbocycles. The Morgan fingerprint density at radius 1 is 1.36 bits per heavy atom. The predicted molar refractivity (Wildman–Crippen MR) is 77.0 cm³/mol. The van der Waals surface area contributed by atoms with E-state index in [2.05, 4.69) is 25.0 Å². The van der Waals surface area contributed by atoms with Gasteiger partial charge in [0.15, 0.2) is 11.2 Å². The highest BCUT2D eigenvalue weighted by atomic mass is 16.5. The zero-order chi connectivity index (χ0) is 15.9. The summed E-state index contributed by atoms with van der Waals surface area (Å²) in [6, 6.07) is 0. The zero-order valence-corrected chi connectivity index (χ0v) is 12.2. The third kappa shape index (κ3) is 3.90. The number of methoxy groups -OCH3 is 1. The number of hydrogen-bond donors (Lipinski definition) is 2. The van der Waals surface area contributed by atoms with E-state index in [9.17, 15) is 14.4 Å². The summed E-state index contributed by atoms with van der Waals surface area (Å²) in [6.45, 7) is 0.784. The van der Waals surface area contributed by atoms with Crippen molar-refractivity contribution < 1.29 is 14.3 Å². The maximum Gasteiger partial charge on any atom is 0.305 e. The molecule has 0 atom stereocenters. The van der Waals surface area contributed by atoms with Crippen LogP contribution in [0.15, 0.2) is 17.4 Å². The molecule has 2 heterocycles. The van der Waals surface area contributed by atoms with Gasteiger partial charge in [0.1, 0.15) is 0 Å². The number of amides is 1. The van der Waals surface area contributed by atoms with E-state index >= 15 is 0 Å². The minimum atomic E-state index is -0.309. The Bertz CT molecular complexity index is 721. The lowest BCUT2D eigenvalue weighted by molar-refractivity contribution is -0.140. The standard InChI is InChI=1S/C13H17N5O4/c1-22-10(20)3-2-5-14-9(19)4-6-18-8-17-11-12(18)15-7-16-13(11)21/h7-8H,2-6H2,1H3,(H,14,19)(H,15,16,21). The minimum Gasteiger partial charge on any atom is -0.469 e. The van der Waals surface area contributed by atoms with Crippen LogP contribution in [0.5, 0.6) is 0 Å². The van der Waals surface area contributed by atoms with E-state index in [-0.39, 0.29) is 35.8 Å². The van der Waals surface area contributed by atoms with Crippen molar-refractivity contribution in [1.82, 2.24) is 24.8 Å². The molecule has 2 N–H and O–H groups in total. The highest BCUT2D eigenvalue weighted by Gasteiger charge is 2.09. The lowest BCUT2D eigenvalue weighted by atomic mass is 10.3. The van der Waals surface area contributed by atoms with Gasteiger partial charge in [-0.05, 0) is 6.42 Å². The number of aromatic amines is 1. The van der Waals surface area contributed by atoms with Gasteiger partial charge in [-0.3, -0.25) is 14.4 Å². The van der Waals surface area contributed by atoms with Crippen LogP contribution in [-0.2, 0) is 20.9 Å². The van der Waals surface area contributed by atoms with E-state index in [1.807, 2.05) is 0 Å². The van der Waals surface area contributed by atoms with E-state index < -0.39 is 0 Å². The Balaban J connectivity index is 1.79. The van der Waals surface area contributed by atoms with Gasteiger partial charge in [-0.25, -0.2) is 9.97 Å². The summed E-state index contributed by atoms with van der Waals surface area (Å²) in [5, 5.41) is 2.72. The summed E-state index contributed by atoms with van der Waals surface area (Å²) < 4.78 is 6.16. The third-order valence-electron chi connectivity index (χ3n) is 3.09. The van der Waals surface area contributed by atoms with Gasteiger partial charge >= 0.3 is 5.97 Å². The van der Waals surface area contributed by atoms with Crippen molar-refractivity contribution in [3.8, 4) is 0 Å². The number of aryl methyl sites for hydroxylation is 1. The molecule has 0 fully saturated rings. The Hall–Kier alpha value is -2.71. The number of esters is 1. The van der Waals surface area contributed by atoms with Crippen LogP contribution >= 0.6 is 0 Å². The molecule has 2 aromatic rings. The van der Waals surface area contributed by atoms with Gasteiger partial charge in [-0.15, -0.1) is 0 Å². The van der Waals surface area contributed by atoms with Gasteiger partial charge in [0.2, 0.25) is 5.91 Å². The Morgan fingerprint density at radius 3 is 2.95 bits per heavy atom. The average molecular weight is 307 g/mol. The van der Waals surface area contributed by atoms with E-state index in [4.69, 9.17) is 0 Å². The molecule has 0 aromatic carbocycles. The smallest absolute Gasteiger partial charge is 0.305 e. The molecule has 9 heteroatoms. The van der Waals surface area contributed by atoms with Crippen LogP contribution in [0.3, 0.4) is 0 Å². The molecular weight excluding hydrogens is 290 g/mol. The molecule has 9 nitrogen and oxygen atoms in total. The van der Waals surface area contributed by atoms with Crippen LogP contribution in [0.4, 0.5) is 0 Å². The number of rotatable bonds is 7. The van der Waals surface area contributed by atoms with Crippen LogP contribution in [0.1, 0.15) is 19.3 Å². The summed E-state index contributed by atoms with van der Waals surface area (Å²) in [7, 11) is 1.33. The number of carbonyl (C=O) groups is 2. The second-order valence-electron chi connectivity index (χ2n) is 4.62. The summed E-state index contributed by atoms with van der Waals surface area (Å²) in [5.41, 5.74) is 0.388. The number of imidazole rings is 1. The minimum absolute atomic E-state index is 0.142. The van der Waals surface area contributed by atoms with Crippen LogP contribution < -0.4 is 10.9 Å².